The standard InChI is InChI=1S/C26H27ClN4O2S/c1-4-33-23-15-10-19(16-24(23)32-3)17-29(2)18-30-26(34)31(22-8-6-5-7-9-22)25(28-30)20-11-13-21(27)14-12-20/h5-16H,4,17-18H2,1-3H3. The number of aromatic nitrogens is 3. The van der Waals surface area contributed by atoms with E-state index in [1.165, 1.54) is 0 Å². The highest BCUT2D eigenvalue weighted by Crippen LogP contribution is 2.29. The second-order valence-corrected chi connectivity index (χ2v) is 8.66. The number of rotatable bonds is 9. The molecule has 1 heterocycles. The lowest BCUT2D eigenvalue weighted by molar-refractivity contribution is 0.243. The van der Waals surface area contributed by atoms with Crippen molar-refractivity contribution in [2.24, 2.45) is 0 Å². The van der Waals surface area contributed by atoms with Gasteiger partial charge in [-0.25, -0.2) is 4.68 Å². The van der Waals surface area contributed by atoms with Gasteiger partial charge in [0.15, 0.2) is 17.3 Å². The van der Waals surface area contributed by atoms with Crippen LogP contribution in [0.4, 0.5) is 0 Å². The monoisotopic (exact) mass is 494 g/mol. The van der Waals surface area contributed by atoms with E-state index < -0.39 is 0 Å². The van der Waals surface area contributed by atoms with Crippen molar-refractivity contribution >= 4 is 23.8 Å². The Balaban J connectivity index is 1.63. The smallest absolute Gasteiger partial charge is 0.204 e. The summed E-state index contributed by atoms with van der Waals surface area (Å²) in [6.45, 7) is 3.76. The summed E-state index contributed by atoms with van der Waals surface area (Å²) < 4.78 is 15.6. The number of nitrogens with zero attached hydrogens (tertiary/aromatic N) is 4. The van der Waals surface area contributed by atoms with Crippen LogP contribution in [0.2, 0.25) is 5.02 Å². The zero-order chi connectivity index (χ0) is 24.1. The van der Waals surface area contributed by atoms with Gasteiger partial charge in [-0.3, -0.25) is 9.47 Å². The SMILES string of the molecule is CCOc1ccc(CN(C)Cn2nc(-c3ccc(Cl)cc3)n(-c3ccccc3)c2=S)cc1OC. The van der Waals surface area contributed by atoms with E-state index in [-0.39, 0.29) is 0 Å². The van der Waals surface area contributed by atoms with Crippen LogP contribution in [0.1, 0.15) is 12.5 Å². The van der Waals surface area contributed by atoms with Gasteiger partial charge in [0.2, 0.25) is 4.77 Å². The van der Waals surface area contributed by atoms with Gasteiger partial charge in [-0.1, -0.05) is 35.9 Å². The first-order chi connectivity index (χ1) is 16.5. The number of halogens is 1. The summed E-state index contributed by atoms with van der Waals surface area (Å²) in [5, 5.41) is 5.57. The fraction of sp³-hybridized carbons (Fsp3) is 0.231. The van der Waals surface area contributed by atoms with Crippen molar-refractivity contribution in [3.05, 3.63) is 88.2 Å². The minimum absolute atomic E-state index is 0.523. The Kier molecular flexibility index (Phi) is 7.67. The van der Waals surface area contributed by atoms with Crippen molar-refractivity contribution in [3.63, 3.8) is 0 Å². The summed E-state index contributed by atoms with van der Waals surface area (Å²) in [6, 6.07) is 23.6. The molecule has 0 radical (unpaired) electrons. The van der Waals surface area contributed by atoms with Crippen molar-refractivity contribution < 1.29 is 9.47 Å². The molecule has 34 heavy (non-hydrogen) atoms. The maximum absolute atomic E-state index is 6.11. The Morgan fingerprint density at radius 2 is 1.74 bits per heavy atom. The molecule has 1 aromatic heterocycles. The maximum Gasteiger partial charge on any atom is 0.204 e. The van der Waals surface area contributed by atoms with Crippen molar-refractivity contribution in [1.29, 1.82) is 0 Å². The lowest BCUT2D eigenvalue weighted by atomic mass is 10.2. The van der Waals surface area contributed by atoms with Gasteiger partial charge < -0.3 is 9.47 Å². The third-order valence-electron chi connectivity index (χ3n) is 5.31. The summed E-state index contributed by atoms with van der Waals surface area (Å²) >= 11 is 12.0. The number of hydrogen-bond donors (Lipinski definition) is 0. The van der Waals surface area contributed by atoms with Gasteiger partial charge in [0, 0.05) is 22.8 Å². The van der Waals surface area contributed by atoms with Crippen LogP contribution in [0.25, 0.3) is 17.1 Å². The van der Waals surface area contributed by atoms with Crippen molar-refractivity contribution in [2.75, 3.05) is 20.8 Å². The highest BCUT2D eigenvalue weighted by molar-refractivity contribution is 7.71. The van der Waals surface area contributed by atoms with Crippen molar-refractivity contribution in [3.8, 4) is 28.6 Å². The normalized spacial score (nSPS) is 11.1. The first-order valence-electron chi connectivity index (χ1n) is 11.0. The van der Waals surface area contributed by atoms with Crippen molar-refractivity contribution in [1.82, 2.24) is 19.2 Å². The van der Waals surface area contributed by atoms with Gasteiger partial charge in [0.25, 0.3) is 0 Å². The fourth-order valence-corrected chi connectivity index (χ4v) is 4.19. The van der Waals surface area contributed by atoms with Crippen molar-refractivity contribution in [2.45, 2.75) is 20.1 Å². The fourth-order valence-electron chi connectivity index (χ4n) is 3.77. The highest BCUT2D eigenvalue weighted by atomic mass is 35.5. The molecule has 0 bridgehead atoms. The molecule has 4 rings (SSSR count). The molecule has 0 aliphatic rings. The first-order valence-corrected chi connectivity index (χ1v) is 11.8. The minimum Gasteiger partial charge on any atom is -0.493 e. The summed E-state index contributed by atoms with van der Waals surface area (Å²) in [4.78, 5) is 2.15. The molecule has 176 valence electrons. The van der Waals surface area contributed by atoms with Crippen LogP contribution in [-0.2, 0) is 13.2 Å². The molecule has 6 nitrogen and oxygen atoms in total. The minimum atomic E-state index is 0.523. The molecule has 8 heteroatoms. The summed E-state index contributed by atoms with van der Waals surface area (Å²) in [6.07, 6.45) is 0. The van der Waals surface area contributed by atoms with E-state index in [2.05, 4.69) is 4.90 Å². The van der Waals surface area contributed by atoms with Gasteiger partial charge in [0.1, 0.15) is 0 Å². The van der Waals surface area contributed by atoms with Crippen LogP contribution in [0.15, 0.2) is 72.8 Å². The average Bonchev–Trinajstić information content (AvgIpc) is 3.16. The average molecular weight is 495 g/mol. The Bertz CT molecular complexity index is 1300. The van der Waals surface area contributed by atoms with E-state index in [0.29, 0.717) is 29.6 Å². The lowest BCUT2D eigenvalue weighted by Gasteiger charge is -2.18. The molecular formula is C26H27ClN4O2S. The molecule has 4 aromatic rings. The number of hydrogen-bond acceptors (Lipinski definition) is 5. The zero-order valence-corrected chi connectivity index (χ0v) is 21.0. The Labute approximate surface area is 209 Å². The molecule has 0 N–H and O–H groups in total. The van der Waals surface area contributed by atoms with Crippen LogP contribution in [0, 0.1) is 4.77 Å². The molecule has 0 saturated heterocycles. The molecule has 0 atom stereocenters. The van der Waals surface area contributed by atoms with E-state index >= 15 is 0 Å². The van der Waals surface area contributed by atoms with Crippen LogP contribution in [0.3, 0.4) is 0 Å². The molecule has 0 aliphatic heterocycles. The molecule has 0 saturated carbocycles. The van der Waals surface area contributed by atoms with Crippen LogP contribution in [-0.4, -0.2) is 40.0 Å². The van der Waals surface area contributed by atoms with Crippen LogP contribution < -0.4 is 9.47 Å². The van der Waals surface area contributed by atoms with Gasteiger partial charge in [-0.05, 0) is 80.3 Å². The van der Waals surface area contributed by atoms with E-state index in [1.54, 1.807) is 7.11 Å². The van der Waals surface area contributed by atoms with E-state index in [1.807, 2.05) is 96.0 Å². The topological polar surface area (TPSA) is 44.5 Å². The Morgan fingerprint density at radius 1 is 1.00 bits per heavy atom. The number of methoxy groups -OCH3 is 1. The zero-order valence-electron chi connectivity index (χ0n) is 19.4. The summed E-state index contributed by atoms with van der Waals surface area (Å²) in [7, 11) is 3.69. The van der Waals surface area contributed by atoms with E-state index in [9.17, 15) is 0 Å². The Morgan fingerprint density at radius 3 is 2.41 bits per heavy atom. The van der Waals surface area contributed by atoms with Gasteiger partial charge in [-0.15, -0.1) is 5.10 Å². The third kappa shape index (κ3) is 5.33. The second-order valence-electron chi connectivity index (χ2n) is 7.86. The molecule has 0 aliphatic carbocycles. The van der Waals surface area contributed by atoms with E-state index in [4.69, 9.17) is 38.4 Å². The molecule has 0 spiro atoms. The summed E-state index contributed by atoms with van der Waals surface area (Å²) in [5.74, 6) is 2.24. The van der Waals surface area contributed by atoms with Gasteiger partial charge >= 0.3 is 0 Å². The quantitative estimate of drug-likeness (QED) is 0.258. The van der Waals surface area contributed by atoms with Gasteiger partial charge in [-0.2, -0.15) is 0 Å². The van der Waals surface area contributed by atoms with E-state index in [0.717, 1.165) is 34.1 Å². The first kappa shape index (κ1) is 24.0. The number of para-hydroxylation sites is 1. The van der Waals surface area contributed by atoms with Crippen LogP contribution in [0.5, 0.6) is 11.5 Å². The summed E-state index contributed by atoms with van der Waals surface area (Å²) in [5.41, 5.74) is 3.01. The predicted octanol–water partition coefficient (Wildman–Crippen LogP) is 6.22. The largest absolute Gasteiger partial charge is 0.493 e. The third-order valence-corrected chi connectivity index (χ3v) is 5.96. The number of ether oxygens (including phenoxy) is 2. The van der Waals surface area contributed by atoms with Crippen LogP contribution >= 0.6 is 23.8 Å². The van der Waals surface area contributed by atoms with Gasteiger partial charge in [0.05, 0.1) is 20.4 Å². The number of benzene rings is 3. The lowest BCUT2D eigenvalue weighted by Crippen LogP contribution is -2.22. The predicted molar refractivity (Wildman–Crippen MR) is 138 cm³/mol. The molecule has 0 amide bonds. The second kappa shape index (κ2) is 10.9. The molecule has 0 unspecified atom stereocenters. The highest BCUT2D eigenvalue weighted by Gasteiger charge is 2.16. The Hall–Kier alpha value is -3.13. The molecule has 0 fully saturated rings. The maximum atomic E-state index is 6.11. The molecule has 3 aromatic carbocycles. The molecular weight excluding hydrogens is 468 g/mol.